The Morgan fingerprint density at radius 1 is 1.00 bits per heavy atom. The van der Waals surface area contributed by atoms with E-state index in [1.165, 1.54) is 0 Å². The van der Waals surface area contributed by atoms with Crippen LogP contribution < -0.4 is 15.0 Å². The normalized spacial score (nSPS) is 10.9. The molecule has 3 aromatic carbocycles. The Balaban J connectivity index is 1.42. The van der Waals surface area contributed by atoms with Gasteiger partial charge in [0.1, 0.15) is 18.1 Å². The van der Waals surface area contributed by atoms with E-state index in [4.69, 9.17) is 9.72 Å². The standard InChI is InChI=1S/C29H32N4O3/c1-4-32(23-10-6-5-7-11-23)29(35)19-33-25-13-9-8-12-24(25)31-27(33)16-17-30-28(34)20-36-26-18-21(2)14-15-22(26)3/h5-15,18H,4,16-17,19-20H2,1-3H3,(H,30,34). The number of carbonyl (C=O) groups excluding carboxylic acids is 2. The van der Waals surface area contributed by atoms with E-state index < -0.39 is 0 Å². The molecule has 7 nitrogen and oxygen atoms in total. The number of amides is 2. The van der Waals surface area contributed by atoms with Crippen LogP contribution in [0.3, 0.4) is 0 Å². The molecule has 36 heavy (non-hydrogen) atoms. The largest absolute Gasteiger partial charge is 0.483 e. The van der Waals surface area contributed by atoms with Crippen molar-refractivity contribution in [3.05, 3.63) is 89.7 Å². The number of imidazole rings is 1. The Labute approximate surface area is 211 Å². The van der Waals surface area contributed by atoms with Gasteiger partial charge in [-0.1, -0.05) is 42.5 Å². The maximum absolute atomic E-state index is 13.3. The molecule has 0 saturated heterocycles. The van der Waals surface area contributed by atoms with Crippen LogP contribution in [0.4, 0.5) is 5.69 Å². The number of carbonyl (C=O) groups is 2. The van der Waals surface area contributed by atoms with E-state index in [0.29, 0.717) is 25.3 Å². The molecule has 1 aromatic heterocycles. The number of ether oxygens (including phenoxy) is 1. The van der Waals surface area contributed by atoms with E-state index in [1.54, 1.807) is 4.90 Å². The van der Waals surface area contributed by atoms with Gasteiger partial charge in [-0.2, -0.15) is 0 Å². The first-order chi connectivity index (χ1) is 17.5. The van der Waals surface area contributed by atoms with Crippen molar-refractivity contribution in [2.45, 2.75) is 33.7 Å². The van der Waals surface area contributed by atoms with Gasteiger partial charge in [-0.15, -0.1) is 0 Å². The van der Waals surface area contributed by atoms with Gasteiger partial charge in [0.2, 0.25) is 5.91 Å². The summed E-state index contributed by atoms with van der Waals surface area (Å²) in [6.07, 6.45) is 0.495. The van der Waals surface area contributed by atoms with Gasteiger partial charge in [-0.25, -0.2) is 4.98 Å². The maximum atomic E-state index is 13.3. The van der Waals surface area contributed by atoms with Crippen molar-refractivity contribution in [2.75, 3.05) is 24.6 Å². The molecule has 4 rings (SSSR count). The van der Waals surface area contributed by atoms with Crippen molar-refractivity contribution in [2.24, 2.45) is 0 Å². The molecule has 0 saturated carbocycles. The molecule has 0 aliphatic carbocycles. The van der Waals surface area contributed by atoms with Crippen molar-refractivity contribution >= 4 is 28.5 Å². The fourth-order valence-electron chi connectivity index (χ4n) is 4.20. The first kappa shape index (κ1) is 25.0. The molecule has 0 aliphatic heterocycles. The summed E-state index contributed by atoms with van der Waals surface area (Å²) in [5, 5.41) is 2.91. The Morgan fingerprint density at radius 3 is 2.53 bits per heavy atom. The second-order valence-electron chi connectivity index (χ2n) is 8.73. The zero-order chi connectivity index (χ0) is 25.5. The van der Waals surface area contributed by atoms with Gasteiger partial charge in [-0.3, -0.25) is 9.59 Å². The van der Waals surface area contributed by atoms with Gasteiger partial charge in [-0.05, 0) is 62.2 Å². The summed E-state index contributed by atoms with van der Waals surface area (Å²) in [6, 6.07) is 23.3. The van der Waals surface area contributed by atoms with Crippen molar-refractivity contribution in [3.63, 3.8) is 0 Å². The van der Waals surface area contributed by atoms with Crippen LogP contribution in [0.2, 0.25) is 0 Å². The lowest BCUT2D eigenvalue weighted by molar-refractivity contribution is -0.123. The van der Waals surface area contributed by atoms with E-state index in [9.17, 15) is 9.59 Å². The number of nitrogens with one attached hydrogen (secondary N) is 1. The monoisotopic (exact) mass is 484 g/mol. The van der Waals surface area contributed by atoms with E-state index >= 15 is 0 Å². The molecule has 0 aliphatic rings. The van der Waals surface area contributed by atoms with Gasteiger partial charge in [0, 0.05) is 25.2 Å². The van der Waals surface area contributed by atoms with Crippen LogP contribution in [0, 0.1) is 13.8 Å². The van der Waals surface area contributed by atoms with Crippen LogP contribution in [0.1, 0.15) is 23.9 Å². The second-order valence-corrected chi connectivity index (χ2v) is 8.73. The number of aromatic nitrogens is 2. The van der Waals surface area contributed by atoms with Crippen LogP contribution >= 0.6 is 0 Å². The molecule has 2 amide bonds. The highest BCUT2D eigenvalue weighted by Crippen LogP contribution is 2.20. The lowest BCUT2D eigenvalue weighted by atomic mass is 10.1. The number of anilines is 1. The predicted molar refractivity (Wildman–Crippen MR) is 142 cm³/mol. The molecule has 0 fully saturated rings. The van der Waals surface area contributed by atoms with E-state index in [-0.39, 0.29) is 25.0 Å². The summed E-state index contributed by atoms with van der Waals surface area (Å²) < 4.78 is 7.65. The van der Waals surface area contributed by atoms with Crippen molar-refractivity contribution in [1.29, 1.82) is 0 Å². The number of fused-ring (bicyclic) bond motifs is 1. The van der Waals surface area contributed by atoms with Crippen molar-refractivity contribution in [1.82, 2.24) is 14.9 Å². The fraction of sp³-hybridized carbons (Fsp3) is 0.276. The molecule has 7 heteroatoms. The minimum Gasteiger partial charge on any atom is -0.483 e. The van der Waals surface area contributed by atoms with Gasteiger partial charge in [0.15, 0.2) is 6.61 Å². The first-order valence-electron chi connectivity index (χ1n) is 12.2. The lowest BCUT2D eigenvalue weighted by Crippen LogP contribution is -2.34. The smallest absolute Gasteiger partial charge is 0.257 e. The summed E-state index contributed by atoms with van der Waals surface area (Å²) in [7, 11) is 0. The second kappa shape index (κ2) is 11.5. The van der Waals surface area contributed by atoms with E-state index in [0.717, 1.165) is 33.7 Å². The maximum Gasteiger partial charge on any atom is 0.257 e. The number of likely N-dealkylation sites (N-methyl/N-ethyl adjacent to an activating group) is 1. The third-order valence-corrected chi connectivity index (χ3v) is 6.09. The molecular formula is C29H32N4O3. The summed E-state index contributed by atoms with van der Waals surface area (Å²) in [4.78, 5) is 32.2. The zero-order valence-corrected chi connectivity index (χ0v) is 21.0. The minimum atomic E-state index is -0.198. The number of rotatable bonds is 10. The zero-order valence-electron chi connectivity index (χ0n) is 21.0. The van der Waals surface area contributed by atoms with Crippen LogP contribution in [0.25, 0.3) is 11.0 Å². The summed E-state index contributed by atoms with van der Waals surface area (Å²) in [6.45, 7) is 6.99. The highest BCUT2D eigenvalue weighted by Gasteiger charge is 2.18. The van der Waals surface area contributed by atoms with Crippen LogP contribution in [-0.2, 0) is 22.6 Å². The van der Waals surface area contributed by atoms with Gasteiger partial charge in [0.05, 0.1) is 11.0 Å². The van der Waals surface area contributed by atoms with Gasteiger partial charge in [0.25, 0.3) is 5.91 Å². The molecule has 0 bridgehead atoms. The third-order valence-electron chi connectivity index (χ3n) is 6.09. The Morgan fingerprint density at radius 2 is 1.75 bits per heavy atom. The van der Waals surface area contributed by atoms with Crippen molar-refractivity contribution in [3.8, 4) is 5.75 Å². The third kappa shape index (κ3) is 5.92. The molecule has 0 spiro atoms. The van der Waals surface area contributed by atoms with Crippen LogP contribution in [0.15, 0.2) is 72.8 Å². The molecule has 0 unspecified atom stereocenters. The highest BCUT2D eigenvalue weighted by molar-refractivity contribution is 5.94. The number of aryl methyl sites for hydroxylation is 2. The molecular weight excluding hydrogens is 452 g/mol. The number of para-hydroxylation sites is 3. The van der Waals surface area contributed by atoms with Crippen LogP contribution in [0.5, 0.6) is 5.75 Å². The molecule has 4 aromatic rings. The van der Waals surface area contributed by atoms with E-state index in [2.05, 4.69) is 5.32 Å². The van der Waals surface area contributed by atoms with Gasteiger partial charge >= 0.3 is 0 Å². The summed E-state index contributed by atoms with van der Waals surface area (Å²) in [5.74, 6) is 1.25. The van der Waals surface area contributed by atoms with Gasteiger partial charge < -0.3 is 19.5 Å². The molecule has 1 N–H and O–H groups in total. The molecule has 1 heterocycles. The Hall–Kier alpha value is -4.13. The fourth-order valence-corrected chi connectivity index (χ4v) is 4.20. The Kier molecular flexibility index (Phi) is 8.00. The van der Waals surface area contributed by atoms with Crippen molar-refractivity contribution < 1.29 is 14.3 Å². The topological polar surface area (TPSA) is 76.5 Å². The molecule has 0 radical (unpaired) electrons. The number of nitrogens with zero attached hydrogens (tertiary/aromatic N) is 3. The molecule has 186 valence electrons. The molecule has 0 atom stereocenters. The first-order valence-corrected chi connectivity index (χ1v) is 12.2. The minimum absolute atomic E-state index is 0.0148. The SMILES string of the molecule is CCN(C(=O)Cn1c(CCNC(=O)COc2cc(C)ccc2C)nc2ccccc21)c1ccccc1. The average molecular weight is 485 g/mol. The summed E-state index contributed by atoms with van der Waals surface area (Å²) in [5.41, 5.74) is 4.66. The highest BCUT2D eigenvalue weighted by atomic mass is 16.5. The quantitative estimate of drug-likeness (QED) is 0.361. The van der Waals surface area contributed by atoms with E-state index in [1.807, 2.05) is 98.1 Å². The van der Waals surface area contributed by atoms with Crippen LogP contribution in [-0.4, -0.2) is 41.1 Å². The predicted octanol–water partition coefficient (Wildman–Crippen LogP) is 4.44. The average Bonchev–Trinajstić information content (AvgIpc) is 3.22. The number of hydrogen-bond donors (Lipinski definition) is 1. The number of benzene rings is 3. The Bertz CT molecular complexity index is 1350. The lowest BCUT2D eigenvalue weighted by Gasteiger charge is -2.22. The number of hydrogen-bond acceptors (Lipinski definition) is 4. The summed E-state index contributed by atoms with van der Waals surface area (Å²) >= 11 is 0.